The summed E-state index contributed by atoms with van der Waals surface area (Å²) in [4.78, 5) is 22.3. The van der Waals surface area contributed by atoms with Crippen molar-refractivity contribution in [1.29, 1.82) is 0 Å². The lowest BCUT2D eigenvalue weighted by molar-refractivity contribution is -0.131. The zero-order chi connectivity index (χ0) is 13.9. The van der Waals surface area contributed by atoms with Crippen molar-refractivity contribution in [2.75, 3.05) is 21.3 Å². The fraction of sp³-hybridized carbons (Fsp3) is 0.333. The van der Waals surface area contributed by atoms with Gasteiger partial charge in [-0.05, 0) is 13.0 Å². The van der Waals surface area contributed by atoms with Gasteiger partial charge in [-0.3, -0.25) is 4.79 Å². The van der Waals surface area contributed by atoms with Crippen molar-refractivity contribution >= 4 is 11.8 Å². The van der Waals surface area contributed by atoms with E-state index in [1.54, 1.807) is 6.92 Å². The quantitative estimate of drug-likeness (QED) is 0.629. The first-order valence-electron chi connectivity index (χ1n) is 5.05. The third-order valence-electron chi connectivity index (χ3n) is 2.49. The van der Waals surface area contributed by atoms with Crippen LogP contribution in [-0.4, -0.2) is 38.2 Å². The molecule has 0 radical (unpaired) electrons. The van der Waals surface area contributed by atoms with Crippen LogP contribution >= 0.6 is 0 Å². The molecule has 0 spiro atoms. The highest BCUT2D eigenvalue weighted by molar-refractivity contribution is 6.40. The van der Waals surface area contributed by atoms with Gasteiger partial charge in [-0.1, -0.05) is 0 Å². The number of hydrogen-bond donors (Lipinski definition) is 1. The summed E-state index contributed by atoms with van der Waals surface area (Å²) in [6, 6.07) is 1.29. The SMILES string of the molecule is COc1cc(C(=O)C(=O)O)c(OC)c(C)c1OC. The molecule has 0 atom stereocenters. The van der Waals surface area contributed by atoms with E-state index in [1.165, 1.54) is 27.4 Å². The number of hydrogen-bond acceptors (Lipinski definition) is 5. The smallest absolute Gasteiger partial charge is 0.377 e. The van der Waals surface area contributed by atoms with E-state index in [-0.39, 0.29) is 17.1 Å². The van der Waals surface area contributed by atoms with Crippen LogP contribution < -0.4 is 14.2 Å². The number of rotatable bonds is 5. The third-order valence-corrected chi connectivity index (χ3v) is 2.49. The minimum absolute atomic E-state index is 0.0693. The fourth-order valence-electron chi connectivity index (χ4n) is 1.70. The molecule has 1 aromatic rings. The van der Waals surface area contributed by atoms with Crippen molar-refractivity contribution in [3.63, 3.8) is 0 Å². The Morgan fingerprint density at radius 2 is 1.61 bits per heavy atom. The average molecular weight is 254 g/mol. The second-order valence-corrected chi connectivity index (χ2v) is 3.45. The Bertz CT molecular complexity index is 492. The number of carbonyl (C=O) groups is 2. The lowest BCUT2D eigenvalue weighted by Crippen LogP contribution is -2.15. The fourth-order valence-corrected chi connectivity index (χ4v) is 1.70. The minimum Gasteiger partial charge on any atom is -0.496 e. The molecule has 98 valence electrons. The summed E-state index contributed by atoms with van der Waals surface area (Å²) in [7, 11) is 4.20. The number of methoxy groups -OCH3 is 3. The summed E-state index contributed by atoms with van der Waals surface area (Å²) in [5, 5.41) is 8.76. The van der Waals surface area contributed by atoms with Crippen molar-refractivity contribution in [2.45, 2.75) is 6.92 Å². The van der Waals surface area contributed by atoms with Gasteiger partial charge in [0, 0.05) is 5.56 Å². The minimum atomic E-state index is -1.56. The van der Waals surface area contributed by atoms with Gasteiger partial charge in [0.1, 0.15) is 5.75 Å². The van der Waals surface area contributed by atoms with Crippen molar-refractivity contribution in [1.82, 2.24) is 0 Å². The number of benzene rings is 1. The molecule has 0 aromatic heterocycles. The number of Topliss-reactive ketones (excluding diaryl/α,β-unsaturated/α-hetero) is 1. The topological polar surface area (TPSA) is 82.1 Å². The molecule has 0 aliphatic rings. The number of ketones is 1. The number of aliphatic carboxylic acids is 1. The van der Waals surface area contributed by atoms with Crippen LogP contribution in [0.1, 0.15) is 15.9 Å². The first-order chi connectivity index (χ1) is 8.47. The van der Waals surface area contributed by atoms with Gasteiger partial charge in [0.05, 0.1) is 26.9 Å². The molecule has 6 heteroatoms. The second kappa shape index (κ2) is 5.39. The molecule has 0 unspecified atom stereocenters. The molecule has 0 aliphatic carbocycles. The van der Waals surface area contributed by atoms with E-state index in [0.717, 1.165) is 0 Å². The summed E-state index contributed by atoms with van der Waals surface area (Å²) >= 11 is 0. The van der Waals surface area contributed by atoms with Gasteiger partial charge in [-0.25, -0.2) is 4.79 Å². The van der Waals surface area contributed by atoms with E-state index in [4.69, 9.17) is 19.3 Å². The zero-order valence-corrected chi connectivity index (χ0v) is 10.6. The summed E-state index contributed by atoms with van der Waals surface area (Å²) in [5.41, 5.74) is 0.434. The molecule has 0 saturated heterocycles. The predicted octanol–water partition coefficient (Wildman–Crippen LogP) is 1.29. The van der Waals surface area contributed by atoms with Gasteiger partial charge >= 0.3 is 5.97 Å². The van der Waals surface area contributed by atoms with Gasteiger partial charge in [-0.15, -0.1) is 0 Å². The van der Waals surface area contributed by atoms with Crippen molar-refractivity contribution in [2.24, 2.45) is 0 Å². The molecular formula is C12H14O6. The Hall–Kier alpha value is -2.24. The first-order valence-corrected chi connectivity index (χ1v) is 5.05. The predicted molar refractivity (Wildman–Crippen MR) is 62.8 cm³/mol. The Morgan fingerprint density at radius 1 is 1.06 bits per heavy atom. The maximum absolute atomic E-state index is 11.6. The van der Waals surface area contributed by atoms with Crippen LogP contribution in [0.25, 0.3) is 0 Å². The highest BCUT2D eigenvalue weighted by Crippen LogP contribution is 2.39. The Labute approximate surface area is 104 Å². The van der Waals surface area contributed by atoms with Gasteiger partial charge in [0.15, 0.2) is 11.5 Å². The van der Waals surface area contributed by atoms with E-state index < -0.39 is 11.8 Å². The maximum atomic E-state index is 11.6. The van der Waals surface area contributed by atoms with Crippen molar-refractivity contribution in [3.8, 4) is 17.2 Å². The summed E-state index contributed by atoms with van der Waals surface area (Å²) in [5.74, 6) is -1.77. The van der Waals surface area contributed by atoms with Crippen LogP contribution in [0.2, 0.25) is 0 Å². The van der Waals surface area contributed by atoms with E-state index in [1.807, 2.05) is 0 Å². The van der Waals surface area contributed by atoms with Crippen molar-refractivity contribution in [3.05, 3.63) is 17.2 Å². The number of ether oxygens (including phenoxy) is 3. The van der Waals surface area contributed by atoms with Gasteiger partial charge in [0.2, 0.25) is 0 Å². The van der Waals surface area contributed by atoms with Gasteiger partial charge in [0.25, 0.3) is 5.78 Å². The largest absolute Gasteiger partial charge is 0.496 e. The lowest BCUT2D eigenvalue weighted by atomic mass is 10.0. The lowest BCUT2D eigenvalue weighted by Gasteiger charge is -2.16. The summed E-state index contributed by atoms with van der Waals surface area (Å²) < 4.78 is 15.3. The van der Waals surface area contributed by atoms with Crippen LogP contribution in [0, 0.1) is 6.92 Å². The zero-order valence-electron chi connectivity index (χ0n) is 10.6. The Morgan fingerprint density at radius 3 is 2.00 bits per heavy atom. The van der Waals surface area contributed by atoms with Crippen molar-refractivity contribution < 1.29 is 28.9 Å². The van der Waals surface area contributed by atoms with E-state index in [0.29, 0.717) is 11.3 Å². The van der Waals surface area contributed by atoms with Crippen LogP contribution in [-0.2, 0) is 4.79 Å². The number of carbonyl (C=O) groups excluding carboxylic acids is 1. The second-order valence-electron chi connectivity index (χ2n) is 3.45. The molecule has 0 saturated carbocycles. The maximum Gasteiger partial charge on any atom is 0.377 e. The van der Waals surface area contributed by atoms with E-state index >= 15 is 0 Å². The molecule has 6 nitrogen and oxygen atoms in total. The molecule has 1 rings (SSSR count). The molecule has 0 heterocycles. The number of carboxylic acid groups (broad SMARTS) is 1. The third kappa shape index (κ3) is 2.22. The molecule has 1 aromatic carbocycles. The highest BCUT2D eigenvalue weighted by atomic mass is 16.5. The highest BCUT2D eigenvalue weighted by Gasteiger charge is 2.25. The normalized spacial score (nSPS) is 9.78. The van der Waals surface area contributed by atoms with Gasteiger partial charge in [-0.2, -0.15) is 0 Å². The molecule has 1 N–H and O–H groups in total. The monoisotopic (exact) mass is 254 g/mol. The van der Waals surface area contributed by atoms with E-state index in [2.05, 4.69) is 0 Å². The van der Waals surface area contributed by atoms with Gasteiger partial charge < -0.3 is 19.3 Å². The van der Waals surface area contributed by atoms with Crippen LogP contribution in [0.15, 0.2) is 6.07 Å². The van der Waals surface area contributed by atoms with E-state index in [9.17, 15) is 9.59 Å². The molecule has 0 aliphatic heterocycles. The average Bonchev–Trinajstić information content (AvgIpc) is 2.36. The molecule has 0 fully saturated rings. The Kier molecular flexibility index (Phi) is 4.14. The number of carboxylic acids is 1. The molecule has 0 amide bonds. The first kappa shape index (κ1) is 13.8. The summed E-state index contributed by atoms with van der Waals surface area (Å²) in [6.45, 7) is 1.65. The van der Waals surface area contributed by atoms with Crippen LogP contribution in [0.4, 0.5) is 0 Å². The Balaban J connectivity index is 3.57. The molecule has 0 bridgehead atoms. The standard InChI is InChI=1S/C12H14O6/c1-6-10(17-3)7(9(13)12(14)15)5-8(16-2)11(6)18-4/h5H,1-4H3,(H,14,15). The van der Waals surface area contributed by atoms with Crippen LogP contribution in [0.5, 0.6) is 17.2 Å². The van der Waals surface area contributed by atoms with Crippen LogP contribution in [0.3, 0.4) is 0 Å². The molecule has 18 heavy (non-hydrogen) atoms. The molecular weight excluding hydrogens is 240 g/mol. The summed E-state index contributed by atoms with van der Waals surface area (Å²) in [6.07, 6.45) is 0.